The predicted octanol–water partition coefficient (Wildman–Crippen LogP) is 4.46. The van der Waals surface area contributed by atoms with Crippen molar-refractivity contribution in [1.82, 2.24) is 5.32 Å². The lowest BCUT2D eigenvalue weighted by Crippen LogP contribution is -2.19. The number of nitrogens with zero attached hydrogens (tertiary/aromatic N) is 2. The summed E-state index contributed by atoms with van der Waals surface area (Å²) in [6.45, 7) is 1.93. The molecule has 1 amide bonds. The molecule has 3 rings (SSSR count). The second-order valence-electron chi connectivity index (χ2n) is 5.62. The number of aliphatic imine (C=N–C) groups is 1. The summed E-state index contributed by atoms with van der Waals surface area (Å²) in [5, 5.41) is 14.1. The molecule has 2 aromatic carbocycles. The van der Waals surface area contributed by atoms with Gasteiger partial charge in [0.05, 0.1) is 16.9 Å². The first-order valence-corrected chi connectivity index (χ1v) is 8.95. The van der Waals surface area contributed by atoms with Crippen LogP contribution in [-0.4, -0.2) is 23.1 Å². The zero-order chi connectivity index (χ0) is 19.6. The number of aryl methyl sites for hydroxylation is 1. The van der Waals surface area contributed by atoms with Crippen LogP contribution >= 0.6 is 23.4 Å². The molecule has 1 aliphatic heterocycles. The van der Waals surface area contributed by atoms with Crippen LogP contribution in [-0.2, 0) is 4.79 Å². The molecule has 1 heterocycles. The second kappa shape index (κ2) is 7.81. The van der Waals surface area contributed by atoms with E-state index in [0.717, 1.165) is 17.3 Å². The van der Waals surface area contributed by atoms with E-state index in [2.05, 4.69) is 10.3 Å². The molecular weight excluding hydrogens is 390 g/mol. The maximum absolute atomic E-state index is 12.2. The molecule has 27 heavy (non-hydrogen) atoms. The predicted molar refractivity (Wildman–Crippen MR) is 107 cm³/mol. The fourth-order valence-corrected chi connectivity index (χ4v) is 3.41. The number of nitrogens with one attached hydrogen (secondary N) is 1. The minimum atomic E-state index is -0.566. The molecule has 2 aromatic rings. The van der Waals surface area contributed by atoms with Crippen LogP contribution in [0.4, 0.5) is 11.4 Å². The summed E-state index contributed by atoms with van der Waals surface area (Å²) in [6.07, 6.45) is 1.55. The number of amides is 1. The Labute approximate surface area is 164 Å². The number of nitro benzene ring substituents is 1. The van der Waals surface area contributed by atoms with Crippen LogP contribution in [0.5, 0.6) is 5.75 Å². The highest BCUT2D eigenvalue weighted by Gasteiger charge is 2.24. The number of nitro groups is 1. The van der Waals surface area contributed by atoms with Gasteiger partial charge in [-0.05, 0) is 54.1 Å². The number of carbonyl (C=O) groups is 1. The van der Waals surface area contributed by atoms with Crippen LogP contribution in [0.15, 0.2) is 46.3 Å². The molecule has 0 unspecified atom stereocenters. The van der Waals surface area contributed by atoms with Crippen molar-refractivity contribution >= 4 is 51.9 Å². The summed E-state index contributed by atoms with van der Waals surface area (Å²) in [4.78, 5) is 27.5. The van der Waals surface area contributed by atoms with E-state index in [9.17, 15) is 14.9 Å². The van der Waals surface area contributed by atoms with Crippen LogP contribution in [0.25, 0.3) is 6.08 Å². The number of amidine groups is 1. The number of methoxy groups -OCH3 is 1. The number of hydrogen-bond donors (Lipinski definition) is 1. The third kappa shape index (κ3) is 4.29. The van der Waals surface area contributed by atoms with Crippen LogP contribution in [0.2, 0.25) is 5.02 Å². The summed E-state index contributed by atoms with van der Waals surface area (Å²) in [5.41, 5.74) is 1.89. The smallest absolute Gasteiger partial charge is 0.288 e. The standard InChI is InChI=1S/C18H14ClN3O4S/c1-10-3-6-15(26-2)13(7-10)20-18-21-17(23)16(27-18)9-11-4-5-12(19)14(8-11)22(24)25/h3-9H,1-2H3,(H,20,21,23)/b16-9-. The molecule has 0 saturated carbocycles. The zero-order valence-electron chi connectivity index (χ0n) is 14.4. The summed E-state index contributed by atoms with van der Waals surface area (Å²) in [7, 11) is 1.55. The van der Waals surface area contributed by atoms with Gasteiger partial charge >= 0.3 is 0 Å². The molecule has 0 spiro atoms. The van der Waals surface area contributed by atoms with Gasteiger partial charge in [-0.2, -0.15) is 0 Å². The lowest BCUT2D eigenvalue weighted by molar-refractivity contribution is -0.384. The van der Waals surface area contributed by atoms with E-state index in [1.165, 1.54) is 12.1 Å². The van der Waals surface area contributed by atoms with E-state index >= 15 is 0 Å². The molecule has 0 aliphatic carbocycles. The van der Waals surface area contributed by atoms with Gasteiger partial charge in [-0.25, -0.2) is 4.99 Å². The maximum atomic E-state index is 12.2. The molecule has 138 valence electrons. The normalized spacial score (nSPS) is 16.6. The Balaban J connectivity index is 1.90. The van der Waals surface area contributed by atoms with Crippen LogP contribution < -0.4 is 10.1 Å². The number of carbonyl (C=O) groups excluding carboxylic acids is 1. The van der Waals surface area contributed by atoms with Crippen molar-refractivity contribution in [1.29, 1.82) is 0 Å². The second-order valence-corrected chi connectivity index (χ2v) is 7.06. The SMILES string of the molecule is COc1ccc(C)cc1N=C1NC(=O)/C(=C/c2ccc(Cl)c([N+](=O)[O-])c2)S1. The molecule has 9 heteroatoms. The van der Waals surface area contributed by atoms with Gasteiger partial charge in [-0.15, -0.1) is 0 Å². The van der Waals surface area contributed by atoms with E-state index in [1.54, 1.807) is 25.3 Å². The fourth-order valence-electron chi connectivity index (χ4n) is 2.39. The quantitative estimate of drug-likeness (QED) is 0.462. The van der Waals surface area contributed by atoms with Crippen molar-refractivity contribution in [3.63, 3.8) is 0 Å². The van der Waals surface area contributed by atoms with E-state index in [1.807, 2.05) is 19.1 Å². The zero-order valence-corrected chi connectivity index (χ0v) is 15.9. The number of rotatable bonds is 4. The average molecular weight is 404 g/mol. The Morgan fingerprint density at radius 3 is 2.78 bits per heavy atom. The molecule has 0 bridgehead atoms. The van der Waals surface area contributed by atoms with E-state index in [4.69, 9.17) is 16.3 Å². The minimum absolute atomic E-state index is 0.0412. The number of halogens is 1. The highest BCUT2D eigenvalue weighted by atomic mass is 35.5. The van der Waals surface area contributed by atoms with Crippen molar-refractivity contribution in [2.45, 2.75) is 6.92 Å². The number of ether oxygens (including phenoxy) is 1. The van der Waals surface area contributed by atoms with Gasteiger partial charge in [0.2, 0.25) is 0 Å². The summed E-state index contributed by atoms with van der Waals surface area (Å²) in [6, 6.07) is 9.91. The van der Waals surface area contributed by atoms with Crippen molar-refractivity contribution in [2.75, 3.05) is 7.11 Å². The molecule has 0 aromatic heterocycles. The summed E-state index contributed by atoms with van der Waals surface area (Å²) >= 11 is 6.96. The third-order valence-corrected chi connectivity index (χ3v) is 4.90. The van der Waals surface area contributed by atoms with E-state index in [0.29, 0.717) is 27.1 Å². The van der Waals surface area contributed by atoms with Crippen LogP contribution in [0.3, 0.4) is 0 Å². The van der Waals surface area contributed by atoms with Gasteiger partial charge in [0.1, 0.15) is 16.5 Å². The summed E-state index contributed by atoms with van der Waals surface area (Å²) < 4.78 is 5.29. The Hall–Kier alpha value is -2.84. The highest BCUT2D eigenvalue weighted by Crippen LogP contribution is 2.33. The van der Waals surface area contributed by atoms with Gasteiger partial charge in [-0.1, -0.05) is 23.7 Å². The van der Waals surface area contributed by atoms with Gasteiger partial charge in [0, 0.05) is 6.07 Å². The topological polar surface area (TPSA) is 93.8 Å². The molecule has 0 radical (unpaired) electrons. The summed E-state index contributed by atoms with van der Waals surface area (Å²) in [5.74, 6) is 0.261. The highest BCUT2D eigenvalue weighted by molar-refractivity contribution is 8.18. The van der Waals surface area contributed by atoms with E-state index < -0.39 is 4.92 Å². The Kier molecular flexibility index (Phi) is 5.48. The van der Waals surface area contributed by atoms with Crippen molar-refractivity contribution < 1.29 is 14.5 Å². The monoisotopic (exact) mass is 403 g/mol. The number of benzene rings is 2. The lowest BCUT2D eigenvalue weighted by Gasteiger charge is -2.05. The molecule has 1 N–H and O–H groups in total. The molecule has 1 fully saturated rings. The number of hydrogen-bond acceptors (Lipinski definition) is 6. The van der Waals surface area contributed by atoms with Crippen molar-refractivity contribution in [3.8, 4) is 5.75 Å². The van der Waals surface area contributed by atoms with Gasteiger partial charge in [0.25, 0.3) is 11.6 Å². The first kappa shape index (κ1) is 18.9. The number of thioether (sulfide) groups is 1. The largest absolute Gasteiger partial charge is 0.494 e. The van der Waals surface area contributed by atoms with E-state index in [-0.39, 0.29) is 16.6 Å². The molecular formula is C18H14ClN3O4S. The Bertz CT molecular complexity index is 1000. The van der Waals surface area contributed by atoms with Crippen LogP contribution in [0, 0.1) is 17.0 Å². The third-order valence-electron chi connectivity index (χ3n) is 3.67. The first-order valence-electron chi connectivity index (χ1n) is 7.75. The molecule has 1 saturated heterocycles. The lowest BCUT2D eigenvalue weighted by atomic mass is 10.2. The van der Waals surface area contributed by atoms with Crippen molar-refractivity contribution in [2.24, 2.45) is 4.99 Å². The van der Waals surface area contributed by atoms with Gasteiger partial charge < -0.3 is 10.1 Å². The maximum Gasteiger partial charge on any atom is 0.288 e. The molecule has 7 nitrogen and oxygen atoms in total. The van der Waals surface area contributed by atoms with Gasteiger partial charge in [-0.3, -0.25) is 14.9 Å². The molecule has 1 aliphatic rings. The van der Waals surface area contributed by atoms with Crippen molar-refractivity contribution in [3.05, 3.63) is 67.6 Å². The molecule has 0 atom stereocenters. The van der Waals surface area contributed by atoms with Crippen LogP contribution in [0.1, 0.15) is 11.1 Å². The fraction of sp³-hybridized carbons (Fsp3) is 0.111. The van der Waals surface area contributed by atoms with Gasteiger partial charge in [0.15, 0.2) is 5.17 Å². The minimum Gasteiger partial charge on any atom is -0.494 e. The Morgan fingerprint density at radius 2 is 2.07 bits per heavy atom. The Morgan fingerprint density at radius 1 is 1.30 bits per heavy atom. The average Bonchev–Trinajstić information content (AvgIpc) is 2.95. The first-order chi connectivity index (χ1) is 12.9.